The number of nitrogens with one attached hydrogen (secondary N) is 1. The molecular formula is C8H14N2O2S. The number of hydrogen-bond donors (Lipinski definition) is 1. The molecule has 0 saturated heterocycles. The van der Waals surface area contributed by atoms with Gasteiger partial charge in [0.25, 0.3) is 0 Å². The van der Waals surface area contributed by atoms with E-state index in [1.54, 1.807) is 0 Å². The number of thioether (sulfide) groups is 1. The predicted molar refractivity (Wildman–Crippen MR) is 54.1 cm³/mol. The molecule has 0 bridgehead atoms. The topological polar surface area (TPSA) is 50.7 Å². The Hall–Kier alpha value is -0.710. The highest BCUT2D eigenvalue weighted by Gasteiger charge is 2.18. The number of ether oxygens (including phenoxy) is 1. The smallest absolute Gasteiger partial charge is 0.413 e. The summed E-state index contributed by atoms with van der Waals surface area (Å²) in [6, 6.07) is 0. The van der Waals surface area contributed by atoms with E-state index in [1.165, 1.54) is 11.8 Å². The van der Waals surface area contributed by atoms with Crippen molar-refractivity contribution in [2.75, 3.05) is 12.3 Å². The standard InChI is InChI=1S/C8H14N2O2S/c1-8(2,3)12-7(11)10-6-9-4-5-13-6/h4-5H2,1-3H3,(H,9,10,11). The van der Waals surface area contributed by atoms with Crippen LogP contribution in [0.15, 0.2) is 4.99 Å². The summed E-state index contributed by atoms with van der Waals surface area (Å²) in [5.74, 6) is 0.936. The van der Waals surface area contributed by atoms with Gasteiger partial charge in [-0.1, -0.05) is 11.8 Å². The molecular weight excluding hydrogens is 188 g/mol. The molecule has 1 heterocycles. The van der Waals surface area contributed by atoms with Crippen molar-refractivity contribution in [1.29, 1.82) is 0 Å². The van der Waals surface area contributed by atoms with Crippen molar-refractivity contribution >= 4 is 23.0 Å². The van der Waals surface area contributed by atoms with Crippen LogP contribution in [-0.4, -0.2) is 29.2 Å². The van der Waals surface area contributed by atoms with E-state index in [0.29, 0.717) is 5.17 Å². The maximum atomic E-state index is 11.2. The van der Waals surface area contributed by atoms with Gasteiger partial charge in [0.2, 0.25) is 0 Å². The number of nitrogens with zero attached hydrogens (tertiary/aromatic N) is 1. The van der Waals surface area contributed by atoms with Crippen LogP contribution in [0.5, 0.6) is 0 Å². The van der Waals surface area contributed by atoms with Crippen LogP contribution in [0.2, 0.25) is 0 Å². The fourth-order valence-corrected chi connectivity index (χ4v) is 1.52. The molecule has 0 fully saturated rings. The van der Waals surface area contributed by atoms with Crippen molar-refractivity contribution in [1.82, 2.24) is 5.32 Å². The molecule has 1 N–H and O–H groups in total. The first-order chi connectivity index (χ1) is 5.97. The highest BCUT2D eigenvalue weighted by Crippen LogP contribution is 2.11. The van der Waals surface area contributed by atoms with E-state index in [-0.39, 0.29) is 0 Å². The quantitative estimate of drug-likeness (QED) is 0.649. The van der Waals surface area contributed by atoms with E-state index in [2.05, 4.69) is 10.3 Å². The van der Waals surface area contributed by atoms with E-state index in [0.717, 1.165) is 12.3 Å². The molecule has 1 aliphatic heterocycles. The summed E-state index contributed by atoms with van der Waals surface area (Å²) in [4.78, 5) is 15.3. The summed E-state index contributed by atoms with van der Waals surface area (Å²) in [6.07, 6.45) is -0.430. The van der Waals surface area contributed by atoms with Gasteiger partial charge in [0, 0.05) is 5.75 Å². The number of carbonyl (C=O) groups excluding carboxylic acids is 1. The summed E-state index contributed by atoms with van der Waals surface area (Å²) >= 11 is 1.53. The van der Waals surface area contributed by atoms with Gasteiger partial charge in [-0.15, -0.1) is 0 Å². The number of amides is 1. The molecule has 0 radical (unpaired) electrons. The van der Waals surface area contributed by atoms with Crippen LogP contribution in [-0.2, 0) is 4.74 Å². The summed E-state index contributed by atoms with van der Waals surface area (Å²) in [5, 5.41) is 3.25. The zero-order chi connectivity index (χ0) is 9.90. The molecule has 0 aromatic heterocycles. The van der Waals surface area contributed by atoms with Gasteiger partial charge >= 0.3 is 6.09 Å². The van der Waals surface area contributed by atoms with Crippen LogP contribution >= 0.6 is 11.8 Å². The number of rotatable bonds is 0. The minimum absolute atomic E-state index is 0.430. The Morgan fingerprint density at radius 3 is 2.77 bits per heavy atom. The van der Waals surface area contributed by atoms with Crippen molar-refractivity contribution in [2.24, 2.45) is 4.99 Å². The fourth-order valence-electron chi connectivity index (χ4n) is 0.802. The maximum absolute atomic E-state index is 11.2. The lowest BCUT2D eigenvalue weighted by atomic mass is 10.2. The van der Waals surface area contributed by atoms with E-state index < -0.39 is 11.7 Å². The molecule has 0 spiro atoms. The van der Waals surface area contributed by atoms with Crippen LogP contribution in [0.3, 0.4) is 0 Å². The first-order valence-corrected chi connectivity index (χ1v) is 5.13. The number of hydrogen-bond acceptors (Lipinski definition) is 4. The molecule has 4 nitrogen and oxygen atoms in total. The number of amidine groups is 1. The molecule has 74 valence electrons. The van der Waals surface area contributed by atoms with Gasteiger partial charge in [0.1, 0.15) is 5.60 Å². The molecule has 1 rings (SSSR count). The molecule has 0 aromatic carbocycles. The minimum atomic E-state index is -0.450. The van der Waals surface area contributed by atoms with Crippen molar-refractivity contribution in [3.05, 3.63) is 0 Å². The van der Waals surface area contributed by atoms with Crippen molar-refractivity contribution in [3.8, 4) is 0 Å². The maximum Gasteiger partial charge on any atom is 0.413 e. The fraction of sp³-hybridized carbons (Fsp3) is 0.750. The highest BCUT2D eigenvalue weighted by atomic mass is 32.2. The Labute approximate surface area is 82.1 Å². The molecule has 1 aliphatic rings. The van der Waals surface area contributed by atoms with Crippen LogP contribution < -0.4 is 5.32 Å². The number of aliphatic imine (C=N–C) groups is 1. The molecule has 0 saturated carbocycles. The lowest BCUT2D eigenvalue weighted by Gasteiger charge is -2.19. The average molecular weight is 202 g/mol. The first-order valence-electron chi connectivity index (χ1n) is 4.15. The minimum Gasteiger partial charge on any atom is -0.444 e. The molecule has 1 amide bonds. The Morgan fingerprint density at radius 1 is 1.62 bits per heavy atom. The largest absolute Gasteiger partial charge is 0.444 e. The monoisotopic (exact) mass is 202 g/mol. The Bertz CT molecular complexity index is 233. The van der Waals surface area contributed by atoms with Gasteiger partial charge in [-0.2, -0.15) is 0 Å². The lowest BCUT2D eigenvalue weighted by molar-refractivity contribution is 0.0564. The van der Waals surface area contributed by atoms with E-state index in [9.17, 15) is 4.79 Å². The molecule has 5 heteroatoms. The third kappa shape index (κ3) is 4.17. The Kier molecular flexibility index (Phi) is 3.19. The number of carbonyl (C=O) groups is 1. The molecule has 0 aromatic rings. The van der Waals surface area contributed by atoms with Crippen molar-refractivity contribution in [3.63, 3.8) is 0 Å². The Morgan fingerprint density at radius 2 is 2.31 bits per heavy atom. The van der Waals surface area contributed by atoms with Crippen molar-refractivity contribution in [2.45, 2.75) is 26.4 Å². The molecule has 0 unspecified atom stereocenters. The SMILES string of the molecule is CC(C)(C)OC(=O)NC1=NCCS1. The van der Waals surface area contributed by atoms with Gasteiger partial charge in [0.05, 0.1) is 6.54 Å². The van der Waals surface area contributed by atoms with E-state index in [1.807, 2.05) is 20.8 Å². The van der Waals surface area contributed by atoms with Gasteiger partial charge in [0.15, 0.2) is 5.17 Å². The normalized spacial score (nSPS) is 16.7. The lowest BCUT2D eigenvalue weighted by Crippen LogP contribution is -2.34. The van der Waals surface area contributed by atoms with Crippen LogP contribution in [0.1, 0.15) is 20.8 Å². The summed E-state index contributed by atoms with van der Waals surface area (Å²) < 4.78 is 5.06. The highest BCUT2D eigenvalue weighted by molar-refractivity contribution is 8.14. The second-order valence-electron chi connectivity index (χ2n) is 3.66. The van der Waals surface area contributed by atoms with Crippen LogP contribution in [0.25, 0.3) is 0 Å². The van der Waals surface area contributed by atoms with Crippen molar-refractivity contribution < 1.29 is 9.53 Å². The second-order valence-corrected chi connectivity index (χ2v) is 4.75. The average Bonchev–Trinajstić information content (AvgIpc) is 2.34. The number of alkyl carbamates (subject to hydrolysis) is 1. The zero-order valence-corrected chi connectivity index (χ0v) is 8.90. The van der Waals surface area contributed by atoms with E-state index >= 15 is 0 Å². The third-order valence-electron chi connectivity index (χ3n) is 1.19. The first kappa shape index (κ1) is 10.4. The predicted octanol–water partition coefficient (Wildman–Crippen LogP) is 1.61. The van der Waals surface area contributed by atoms with Gasteiger partial charge in [-0.3, -0.25) is 10.3 Å². The zero-order valence-electron chi connectivity index (χ0n) is 8.09. The van der Waals surface area contributed by atoms with Gasteiger partial charge in [-0.25, -0.2) is 4.79 Å². The molecule has 0 atom stereocenters. The molecule has 0 aliphatic carbocycles. The second kappa shape index (κ2) is 4.00. The summed E-state index contributed by atoms with van der Waals surface area (Å²) in [6.45, 7) is 6.26. The summed E-state index contributed by atoms with van der Waals surface area (Å²) in [7, 11) is 0. The molecule has 13 heavy (non-hydrogen) atoms. The third-order valence-corrected chi connectivity index (χ3v) is 2.08. The van der Waals surface area contributed by atoms with E-state index in [4.69, 9.17) is 4.74 Å². The van der Waals surface area contributed by atoms with Gasteiger partial charge in [-0.05, 0) is 20.8 Å². The van der Waals surface area contributed by atoms with Crippen LogP contribution in [0, 0.1) is 0 Å². The van der Waals surface area contributed by atoms with Crippen LogP contribution in [0.4, 0.5) is 4.79 Å². The Balaban J connectivity index is 2.33. The summed E-state index contributed by atoms with van der Waals surface area (Å²) in [5.41, 5.74) is -0.450. The van der Waals surface area contributed by atoms with Gasteiger partial charge < -0.3 is 4.74 Å².